The van der Waals surface area contributed by atoms with Crippen LogP contribution in [-0.2, 0) is 10.0 Å². The summed E-state index contributed by atoms with van der Waals surface area (Å²) >= 11 is 17.5. The first-order valence-corrected chi connectivity index (χ1v) is 7.59. The Balaban J connectivity index is 3.30. The highest BCUT2D eigenvalue weighted by Gasteiger charge is 2.28. The fraction of sp³-hybridized carbons (Fsp3) is 0.400. The Bertz CT molecular complexity index is 535. The van der Waals surface area contributed by atoms with Gasteiger partial charge in [0.1, 0.15) is 4.90 Å². The van der Waals surface area contributed by atoms with E-state index < -0.39 is 15.6 Å². The van der Waals surface area contributed by atoms with Crippen molar-refractivity contribution >= 4 is 44.8 Å². The molecule has 18 heavy (non-hydrogen) atoms. The first kappa shape index (κ1) is 16.0. The summed E-state index contributed by atoms with van der Waals surface area (Å²) in [6.07, 6.45) is 0. The molecule has 0 saturated heterocycles. The van der Waals surface area contributed by atoms with Crippen molar-refractivity contribution in [3.8, 4) is 0 Å². The van der Waals surface area contributed by atoms with Crippen molar-refractivity contribution in [3.63, 3.8) is 0 Å². The molecule has 0 heterocycles. The Hall–Kier alpha value is -0.0400. The van der Waals surface area contributed by atoms with Crippen LogP contribution in [-0.4, -0.2) is 20.5 Å². The molecule has 8 heteroatoms. The zero-order chi connectivity index (χ0) is 14.1. The zero-order valence-corrected chi connectivity index (χ0v) is 12.9. The fourth-order valence-electron chi connectivity index (χ4n) is 1.24. The molecule has 0 aromatic heterocycles. The lowest BCUT2D eigenvalue weighted by Crippen LogP contribution is -2.48. The van der Waals surface area contributed by atoms with Crippen LogP contribution in [0.2, 0.25) is 15.1 Å². The fourth-order valence-corrected chi connectivity index (χ4v) is 4.21. The third-order valence-electron chi connectivity index (χ3n) is 2.15. The number of halogens is 3. The predicted molar refractivity (Wildman–Crippen MR) is 74.9 cm³/mol. The van der Waals surface area contributed by atoms with Gasteiger partial charge in [0.2, 0.25) is 10.0 Å². The van der Waals surface area contributed by atoms with Crippen molar-refractivity contribution in [2.75, 3.05) is 6.54 Å². The summed E-state index contributed by atoms with van der Waals surface area (Å²) in [6, 6.07) is 2.64. The summed E-state index contributed by atoms with van der Waals surface area (Å²) in [5.41, 5.74) is 4.68. The van der Waals surface area contributed by atoms with E-state index >= 15 is 0 Å². The molecule has 0 saturated carbocycles. The molecule has 0 radical (unpaired) electrons. The summed E-state index contributed by atoms with van der Waals surface area (Å²) in [5, 5.41) is 0.197. The molecule has 0 amide bonds. The number of hydrogen-bond donors (Lipinski definition) is 2. The van der Waals surface area contributed by atoms with Crippen LogP contribution in [0.15, 0.2) is 17.0 Å². The molecule has 1 aromatic rings. The molecule has 0 unspecified atom stereocenters. The summed E-state index contributed by atoms with van der Waals surface area (Å²) in [6.45, 7) is 3.44. The largest absolute Gasteiger partial charge is 0.329 e. The van der Waals surface area contributed by atoms with E-state index in [0.29, 0.717) is 0 Å². The maximum Gasteiger partial charge on any atom is 0.244 e. The minimum atomic E-state index is -3.86. The van der Waals surface area contributed by atoms with Gasteiger partial charge < -0.3 is 5.73 Å². The third-order valence-corrected chi connectivity index (χ3v) is 4.99. The molecule has 4 nitrogen and oxygen atoms in total. The number of nitrogens with one attached hydrogen (secondary N) is 1. The lowest BCUT2D eigenvalue weighted by Gasteiger charge is -2.24. The Morgan fingerprint density at radius 2 is 1.67 bits per heavy atom. The highest BCUT2D eigenvalue weighted by atomic mass is 35.5. The number of hydrogen-bond acceptors (Lipinski definition) is 3. The van der Waals surface area contributed by atoms with Gasteiger partial charge in [0, 0.05) is 17.1 Å². The van der Waals surface area contributed by atoms with Gasteiger partial charge in [-0.25, -0.2) is 13.1 Å². The number of rotatable bonds is 4. The first-order chi connectivity index (χ1) is 8.09. The van der Waals surface area contributed by atoms with E-state index in [1.807, 2.05) is 0 Å². The van der Waals surface area contributed by atoms with Gasteiger partial charge in [-0.05, 0) is 26.0 Å². The molecule has 3 N–H and O–H groups in total. The molecule has 0 aliphatic heterocycles. The van der Waals surface area contributed by atoms with Gasteiger partial charge in [-0.3, -0.25) is 0 Å². The summed E-state index contributed by atoms with van der Waals surface area (Å²) in [5.74, 6) is 0. The molecule has 0 fully saturated rings. The van der Waals surface area contributed by atoms with E-state index in [9.17, 15) is 8.42 Å². The van der Waals surface area contributed by atoms with Crippen LogP contribution >= 0.6 is 34.8 Å². The molecule has 0 spiro atoms. The highest BCUT2D eigenvalue weighted by Crippen LogP contribution is 2.33. The standard InChI is InChI=1S/C10H13Cl3N2O2S/c1-10(2,5-14)15-18(16,17)9-7(12)3-6(11)4-8(9)13/h3-4,15H,5,14H2,1-2H3. The minimum absolute atomic E-state index is 0.0344. The maximum absolute atomic E-state index is 12.2. The maximum atomic E-state index is 12.2. The third kappa shape index (κ3) is 3.73. The van der Waals surface area contributed by atoms with Crippen molar-refractivity contribution < 1.29 is 8.42 Å². The van der Waals surface area contributed by atoms with Gasteiger partial charge in [-0.15, -0.1) is 0 Å². The average molecular weight is 332 g/mol. The summed E-state index contributed by atoms with van der Waals surface area (Å²) < 4.78 is 26.8. The monoisotopic (exact) mass is 330 g/mol. The Morgan fingerprint density at radius 3 is 2.06 bits per heavy atom. The second kappa shape index (κ2) is 5.53. The Kier molecular flexibility index (Phi) is 4.92. The zero-order valence-electron chi connectivity index (χ0n) is 9.80. The molecule has 1 aromatic carbocycles. The number of sulfonamides is 1. The molecular weight excluding hydrogens is 319 g/mol. The van der Waals surface area contributed by atoms with Crippen molar-refractivity contribution in [2.24, 2.45) is 5.73 Å². The van der Waals surface area contributed by atoms with Crippen molar-refractivity contribution in [1.29, 1.82) is 0 Å². The smallest absolute Gasteiger partial charge is 0.244 e. The average Bonchev–Trinajstić information content (AvgIpc) is 2.13. The van der Waals surface area contributed by atoms with Gasteiger partial charge in [0.25, 0.3) is 0 Å². The van der Waals surface area contributed by atoms with Crippen LogP contribution in [0.3, 0.4) is 0 Å². The van der Waals surface area contributed by atoms with Gasteiger partial charge in [-0.2, -0.15) is 0 Å². The molecule has 1 rings (SSSR count). The van der Waals surface area contributed by atoms with Gasteiger partial charge in [-0.1, -0.05) is 34.8 Å². The van der Waals surface area contributed by atoms with Gasteiger partial charge in [0.05, 0.1) is 10.0 Å². The van der Waals surface area contributed by atoms with Crippen LogP contribution in [0.5, 0.6) is 0 Å². The molecule has 0 aliphatic carbocycles. The van der Waals surface area contributed by atoms with Crippen LogP contribution in [0, 0.1) is 0 Å². The van der Waals surface area contributed by atoms with Crippen molar-refractivity contribution in [2.45, 2.75) is 24.3 Å². The topological polar surface area (TPSA) is 72.2 Å². The molecule has 0 atom stereocenters. The first-order valence-electron chi connectivity index (χ1n) is 4.98. The van der Waals surface area contributed by atoms with E-state index in [1.165, 1.54) is 12.1 Å². The van der Waals surface area contributed by atoms with Crippen LogP contribution < -0.4 is 10.5 Å². The normalized spacial score (nSPS) is 12.8. The van der Waals surface area contributed by atoms with Crippen LogP contribution in [0.1, 0.15) is 13.8 Å². The van der Waals surface area contributed by atoms with E-state index in [1.54, 1.807) is 13.8 Å². The SMILES string of the molecule is CC(C)(CN)NS(=O)(=O)c1c(Cl)cc(Cl)cc1Cl. The second-order valence-corrected chi connectivity index (χ2v) is 7.26. The van der Waals surface area contributed by atoms with E-state index in [2.05, 4.69) is 4.72 Å². The molecule has 102 valence electrons. The van der Waals surface area contributed by atoms with Crippen molar-refractivity contribution in [3.05, 3.63) is 27.2 Å². The lowest BCUT2D eigenvalue weighted by atomic mass is 10.1. The number of nitrogens with two attached hydrogens (primary N) is 1. The Morgan fingerprint density at radius 1 is 1.22 bits per heavy atom. The van der Waals surface area contributed by atoms with Gasteiger partial charge >= 0.3 is 0 Å². The summed E-state index contributed by atoms with van der Waals surface area (Å²) in [7, 11) is -3.86. The van der Waals surface area contributed by atoms with Gasteiger partial charge in [0.15, 0.2) is 0 Å². The molecule has 0 aliphatic rings. The Labute approximate surface area is 121 Å². The second-order valence-electron chi connectivity index (χ2n) is 4.39. The van der Waals surface area contributed by atoms with Crippen LogP contribution in [0.4, 0.5) is 0 Å². The lowest BCUT2D eigenvalue weighted by molar-refractivity contribution is 0.462. The summed E-state index contributed by atoms with van der Waals surface area (Å²) in [4.78, 5) is -0.197. The molecular formula is C10H13Cl3N2O2S. The van der Waals surface area contributed by atoms with Crippen LogP contribution in [0.25, 0.3) is 0 Å². The van der Waals surface area contributed by atoms with Crippen molar-refractivity contribution in [1.82, 2.24) is 4.72 Å². The van der Waals surface area contributed by atoms with E-state index in [4.69, 9.17) is 40.5 Å². The molecule has 0 bridgehead atoms. The quantitative estimate of drug-likeness (QED) is 0.891. The van der Waals surface area contributed by atoms with E-state index in [0.717, 1.165) is 0 Å². The minimum Gasteiger partial charge on any atom is -0.329 e. The predicted octanol–water partition coefficient (Wildman–Crippen LogP) is 2.66. The number of benzene rings is 1. The highest BCUT2D eigenvalue weighted by molar-refractivity contribution is 7.89. The van der Waals surface area contributed by atoms with E-state index in [-0.39, 0.29) is 26.5 Å².